The smallest absolute Gasteiger partial charge is 0.256 e. The fourth-order valence-corrected chi connectivity index (χ4v) is 3.39. The first-order valence-electron chi connectivity index (χ1n) is 12.4. The molecule has 2 nitrogen and oxygen atoms in total. The fourth-order valence-electron chi connectivity index (χ4n) is 3.22. The minimum absolute atomic E-state index is 0.525. The summed E-state index contributed by atoms with van der Waals surface area (Å²) in [5.74, 6) is 0. The van der Waals surface area contributed by atoms with Crippen LogP contribution in [0.4, 0.5) is 0 Å². The molecule has 0 bridgehead atoms. The fraction of sp³-hybridized carbons (Fsp3) is 0.679. The van der Waals surface area contributed by atoms with Crippen molar-refractivity contribution in [3.05, 3.63) is 46.6 Å². The van der Waals surface area contributed by atoms with Gasteiger partial charge in [-0.2, -0.15) is 0 Å². The van der Waals surface area contributed by atoms with E-state index in [1.54, 1.807) is 0 Å². The van der Waals surface area contributed by atoms with Gasteiger partial charge >= 0.3 is 0 Å². The van der Waals surface area contributed by atoms with Crippen molar-refractivity contribution >= 4 is 17.4 Å². The Hall–Kier alpha value is -1.35. The molecule has 0 atom stereocenters. The first-order chi connectivity index (χ1) is 14.8. The number of ether oxygens (including phenoxy) is 1. The molecule has 0 saturated heterocycles. The van der Waals surface area contributed by atoms with Crippen LogP contribution in [-0.4, -0.2) is 18.3 Å². The molecule has 3 heteroatoms. The van der Waals surface area contributed by atoms with Crippen LogP contribution in [0.3, 0.4) is 0 Å². The van der Waals surface area contributed by atoms with Crippen LogP contribution < -0.4 is 5.32 Å². The number of hydrogen-bond acceptors (Lipinski definition) is 2. The molecule has 0 rings (SSSR count). The van der Waals surface area contributed by atoms with Crippen molar-refractivity contribution in [2.75, 3.05) is 13.2 Å². The molecular weight excluding hydrogens is 398 g/mol. The number of thiocarbonyl (C=S) groups is 1. The Balaban J connectivity index is 3.88. The lowest BCUT2D eigenvalue weighted by Gasteiger charge is -2.08. The zero-order chi connectivity index (χ0) is 23.3. The molecule has 0 unspecified atom stereocenters. The maximum Gasteiger partial charge on any atom is 0.256 e. The topological polar surface area (TPSA) is 21.3 Å². The van der Waals surface area contributed by atoms with Gasteiger partial charge in [-0.15, -0.1) is 0 Å². The molecular formula is C28H49NOS. The van der Waals surface area contributed by atoms with Crippen molar-refractivity contribution in [3.63, 3.8) is 0 Å². The summed E-state index contributed by atoms with van der Waals surface area (Å²) in [6.07, 6.45) is 22.4. The number of rotatable bonds is 17. The SMILES string of the molecule is CCCCCCNC(=S)OC/C=C(\C)CC/C=C(\C)CCC/C=C(/C)CCC=C(C)C. The largest absolute Gasteiger partial charge is 0.467 e. The van der Waals surface area contributed by atoms with E-state index in [1.165, 1.54) is 73.7 Å². The zero-order valence-corrected chi connectivity index (χ0v) is 22.1. The quantitative estimate of drug-likeness (QED) is 0.136. The van der Waals surface area contributed by atoms with Crippen LogP contribution in [0.25, 0.3) is 0 Å². The van der Waals surface area contributed by atoms with Gasteiger partial charge in [-0.25, -0.2) is 0 Å². The van der Waals surface area contributed by atoms with E-state index in [-0.39, 0.29) is 0 Å². The van der Waals surface area contributed by atoms with Crippen molar-refractivity contribution < 1.29 is 4.74 Å². The van der Waals surface area contributed by atoms with Crippen molar-refractivity contribution in [2.24, 2.45) is 0 Å². The summed E-state index contributed by atoms with van der Waals surface area (Å²) in [7, 11) is 0. The van der Waals surface area contributed by atoms with E-state index < -0.39 is 0 Å². The van der Waals surface area contributed by atoms with Crippen LogP contribution in [0.5, 0.6) is 0 Å². The highest BCUT2D eigenvalue weighted by Crippen LogP contribution is 2.14. The highest BCUT2D eigenvalue weighted by molar-refractivity contribution is 7.80. The average Bonchev–Trinajstić information content (AvgIpc) is 2.71. The molecule has 0 saturated carbocycles. The Bertz CT molecular complexity index is 594. The first-order valence-corrected chi connectivity index (χ1v) is 12.8. The predicted molar refractivity (Wildman–Crippen MR) is 144 cm³/mol. The molecule has 0 aliphatic heterocycles. The third-order valence-electron chi connectivity index (χ3n) is 5.34. The van der Waals surface area contributed by atoms with Crippen LogP contribution in [-0.2, 0) is 4.74 Å². The van der Waals surface area contributed by atoms with E-state index in [0.717, 1.165) is 25.8 Å². The van der Waals surface area contributed by atoms with Gasteiger partial charge in [0.1, 0.15) is 6.61 Å². The lowest BCUT2D eigenvalue weighted by Crippen LogP contribution is -2.25. The van der Waals surface area contributed by atoms with Crippen molar-refractivity contribution in [2.45, 2.75) is 112 Å². The average molecular weight is 448 g/mol. The summed E-state index contributed by atoms with van der Waals surface area (Å²) in [6.45, 7) is 14.7. The van der Waals surface area contributed by atoms with Crippen LogP contribution in [0.1, 0.15) is 112 Å². The maximum absolute atomic E-state index is 5.59. The van der Waals surface area contributed by atoms with Crippen LogP contribution in [0.15, 0.2) is 46.6 Å². The van der Waals surface area contributed by atoms with Crippen LogP contribution in [0, 0.1) is 0 Å². The van der Waals surface area contributed by atoms with Gasteiger partial charge < -0.3 is 10.1 Å². The molecule has 0 radical (unpaired) electrons. The third kappa shape index (κ3) is 21.7. The van der Waals surface area contributed by atoms with Gasteiger partial charge in [-0.3, -0.25) is 0 Å². The molecule has 0 aliphatic carbocycles. The van der Waals surface area contributed by atoms with Crippen molar-refractivity contribution in [1.82, 2.24) is 5.32 Å². The minimum atomic E-state index is 0.525. The Labute approximate surface area is 199 Å². The highest BCUT2D eigenvalue weighted by atomic mass is 32.1. The molecule has 0 aliphatic rings. The number of hydrogen-bond donors (Lipinski definition) is 1. The van der Waals surface area contributed by atoms with E-state index in [2.05, 4.69) is 71.2 Å². The van der Waals surface area contributed by atoms with Gasteiger partial charge in [0.2, 0.25) is 0 Å². The molecule has 1 N–H and O–H groups in total. The Morgan fingerprint density at radius 2 is 1.32 bits per heavy atom. The second-order valence-electron chi connectivity index (χ2n) is 8.99. The number of allylic oxidation sites excluding steroid dienone is 7. The van der Waals surface area contributed by atoms with Gasteiger partial charge in [0.15, 0.2) is 0 Å². The standard InChI is InChI=1S/C28H49NOS/c1-7-8-9-12-22-29-28(31)30-23-21-27(6)20-14-19-26(5)17-11-10-16-25(4)18-13-15-24(2)3/h15-16,19,21H,7-14,17-18,20,22-23H2,1-6H3,(H,29,31)/b25-16-,26-19+,27-21+. The molecule has 0 heterocycles. The normalized spacial score (nSPS) is 12.6. The first kappa shape index (κ1) is 29.7. The second-order valence-corrected chi connectivity index (χ2v) is 9.36. The molecule has 0 spiro atoms. The Kier molecular flexibility index (Phi) is 19.7. The number of unbranched alkanes of at least 4 members (excludes halogenated alkanes) is 4. The van der Waals surface area contributed by atoms with Gasteiger partial charge in [0, 0.05) is 6.54 Å². The van der Waals surface area contributed by atoms with E-state index in [4.69, 9.17) is 17.0 Å². The molecule has 0 fully saturated rings. The molecule has 31 heavy (non-hydrogen) atoms. The van der Waals surface area contributed by atoms with Gasteiger partial charge in [-0.1, -0.05) is 66.7 Å². The summed E-state index contributed by atoms with van der Waals surface area (Å²) in [6, 6.07) is 0. The monoisotopic (exact) mass is 447 g/mol. The summed E-state index contributed by atoms with van der Waals surface area (Å²) < 4.78 is 5.59. The molecule has 178 valence electrons. The number of nitrogens with one attached hydrogen (secondary N) is 1. The summed E-state index contributed by atoms with van der Waals surface area (Å²) in [5, 5.41) is 3.71. The molecule has 0 amide bonds. The van der Waals surface area contributed by atoms with Gasteiger partial charge in [-0.05, 0) is 104 Å². The molecule has 0 aromatic rings. The van der Waals surface area contributed by atoms with Crippen molar-refractivity contribution in [1.29, 1.82) is 0 Å². The lowest BCUT2D eigenvalue weighted by atomic mass is 10.0. The van der Waals surface area contributed by atoms with Crippen LogP contribution >= 0.6 is 12.2 Å². The van der Waals surface area contributed by atoms with E-state index >= 15 is 0 Å². The lowest BCUT2D eigenvalue weighted by molar-refractivity contribution is 0.340. The zero-order valence-electron chi connectivity index (χ0n) is 21.3. The maximum atomic E-state index is 5.59. The minimum Gasteiger partial charge on any atom is -0.467 e. The van der Waals surface area contributed by atoms with E-state index in [0.29, 0.717) is 11.8 Å². The third-order valence-corrected chi connectivity index (χ3v) is 5.60. The van der Waals surface area contributed by atoms with Gasteiger partial charge in [0.25, 0.3) is 5.17 Å². The summed E-state index contributed by atoms with van der Waals surface area (Å²) in [5.41, 5.74) is 5.81. The summed E-state index contributed by atoms with van der Waals surface area (Å²) >= 11 is 5.22. The Morgan fingerprint density at radius 3 is 2.00 bits per heavy atom. The Morgan fingerprint density at radius 1 is 0.710 bits per heavy atom. The predicted octanol–water partition coefficient (Wildman–Crippen LogP) is 8.99. The summed E-state index contributed by atoms with van der Waals surface area (Å²) in [4.78, 5) is 0. The molecule has 0 aromatic carbocycles. The van der Waals surface area contributed by atoms with E-state index in [9.17, 15) is 0 Å². The second kappa shape index (κ2) is 20.5. The van der Waals surface area contributed by atoms with Crippen molar-refractivity contribution in [3.8, 4) is 0 Å². The van der Waals surface area contributed by atoms with E-state index in [1.807, 2.05) is 0 Å². The molecule has 0 aromatic heterocycles. The highest BCUT2D eigenvalue weighted by Gasteiger charge is 1.97. The van der Waals surface area contributed by atoms with Crippen LogP contribution in [0.2, 0.25) is 0 Å². The van der Waals surface area contributed by atoms with Gasteiger partial charge in [0.05, 0.1) is 0 Å².